The van der Waals surface area contributed by atoms with Crippen molar-refractivity contribution in [1.29, 1.82) is 0 Å². The van der Waals surface area contributed by atoms with Crippen LogP contribution in [-0.4, -0.2) is 67.8 Å². The Bertz CT molecular complexity index is 868. The lowest BCUT2D eigenvalue weighted by molar-refractivity contribution is -0.174. The standard InChI is InChI=1S/C22H27F3N2O3/c1-2-19-18(17-6-3-4-7-20(17)30-19)8-9-21(28)27-13-11-26(12-14-27)10-5-15-29-16-22(23,24)25/h3-4,6-9H,2,5,10-16H2,1H3/b9-8+. The first-order valence-electron chi connectivity index (χ1n) is 10.2. The summed E-state index contributed by atoms with van der Waals surface area (Å²) in [6.45, 7) is 4.16. The Morgan fingerprint density at radius 2 is 1.93 bits per heavy atom. The van der Waals surface area contributed by atoms with Crippen LogP contribution in [0, 0.1) is 0 Å². The van der Waals surface area contributed by atoms with E-state index in [1.54, 1.807) is 11.0 Å². The first kappa shape index (κ1) is 22.4. The van der Waals surface area contributed by atoms with Crippen LogP contribution in [0.5, 0.6) is 0 Å². The molecule has 1 aromatic carbocycles. The van der Waals surface area contributed by atoms with E-state index in [0.29, 0.717) is 39.1 Å². The quantitative estimate of drug-likeness (QED) is 0.472. The molecule has 1 aliphatic rings. The van der Waals surface area contributed by atoms with E-state index in [0.717, 1.165) is 28.7 Å². The smallest absolute Gasteiger partial charge is 0.411 e. The molecule has 1 fully saturated rings. The van der Waals surface area contributed by atoms with Crippen LogP contribution >= 0.6 is 0 Å². The molecule has 0 N–H and O–H groups in total. The third-order valence-corrected chi connectivity index (χ3v) is 5.14. The van der Waals surface area contributed by atoms with Gasteiger partial charge >= 0.3 is 6.18 Å². The summed E-state index contributed by atoms with van der Waals surface area (Å²) in [5.74, 6) is 0.813. The van der Waals surface area contributed by atoms with Crippen LogP contribution in [0.1, 0.15) is 24.7 Å². The highest BCUT2D eigenvalue weighted by Crippen LogP contribution is 2.27. The monoisotopic (exact) mass is 424 g/mol. The third-order valence-electron chi connectivity index (χ3n) is 5.14. The normalized spacial score (nSPS) is 16.1. The van der Waals surface area contributed by atoms with E-state index >= 15 is 0 Å². The van der Waals surface area contributed by atoms with E-state index in [-0.39, 0.29) is 12.5 Å². The van der Waals surface area contributed by atoms with E-state index in [1.165, 1.54) is 0 Å². The Labute approximate surface area is 174 Å². The highest BCUT2D eigenvalue weighted by molar-refractivity contribution is 5.96. The second kappa shape index (κ2) is 10.1. The maximum Gasteiger partial charge on any atom is 0.411 e. The molecule has 0 bridgehead atoms. The molecule has 5 nitrogen and oxygen atoms in total. The Morgan fingerprint density at radius 3 is 2.63 bits per heavy atom. The SMILES string of the molecule is CCc1oc2ccccc2c1/C=C/C(=O)N1CCN(CCCOCC(F)(F)F)CC1. The zero-order valence-corrected chi connectivity index (χ0v) is 17.1. The van der Waals surface area contributed by atoms with Crippen LogP contribution in [0.15, 0.2) is 34.8 Å². The van der Waals surface area contributed by atoms with Crippen LogP contribution in [-0.2, 0) is 16.0 Å². The third kappa shape index (κ3) is 6.09. The average Bonchev–Trinajstić information content (AvgIpc) is 3.09. The summed E-state index contributed by atoms with van der Waals surface area (Å²) in [4.78, 5) is 16.5. The summed E-state index contributed by atoms with van der Waals surface area (Å²) in [5, 5.41) is 0.996. The van der Waals surface area contributed by atoms with E-state index in [9.17, 15) is 18.0 Å². The van der Waals surface area contributed by atoms with E-state index in [1.807, 2.05) is 37.3 Å². The van der Waals surface area contributed by atoms with Crippen molar-refractivity contribution in [3.05, 3.63) is 41.7 Å². The van der Waals surface area contributed by atoms with Crippen molar-refractivity contribution in [2.45, 2.75) is 25.9 Å². The number of halogens is 3. The lowest BCUT2D eigenvalue weighted by Crippen LogP contribution is -2.48. The van der Waals surface area contributed by atoms with Crippen LogP contribution in [0.25, 0.3) is 17.0 Å². The van der Waals surface area contributed by atoms with E-state index in [4.69, 9.17) is 4.42 Å². The molecule has 2 aromatic rings. The second-order valence-electron chi connectivity index (χ2n) is 7.31. The van der Waals surface area contributed by atoms with Gasteiger partial charge in [0.05, 0.1) is 0 Å². The van der Waals surface area contributed by atoms with Gasteiger partial charge in [-0.1, -0.05) is 25.1 Å². The van der Waals surface area contributed by atoms with Crippen molar-refractivity contribution in [2.24, 2.45) is 0 Å². The van der Waals surface area contributed by atoms with Crippen molar-refractivity contribution in [2.75, 3.05) is 45.9 Å². The lowest BCUT2D eigenvalue weighted by Gasteiger charge is -2.34. The number of nitrogens with zero attached hydrogens (tertiary/aromatic N) is 2. The predicted octanol–water partition coefficient (Wildman–Crippen LogP) is 4.12. The molecular formula is C22H27F3N2O3. The zero-order chi connectivity index (χ0) is 21.6. The minimum Gasteiger partial charge on any atom is -0.460 e. The maximum absolute atomic E-state index is 12.6. The molecule has 8 heteroatoms. The largest absolute Gasteiger partial charge is 0.460 e. The molecule has 0 unspecified atom stereocenters. The number of para-hydroxylation sites is 1. The van der Waals surface area contributed by atoms with Gasteiger partial charge in [-0.2, -0.15) is 13.2 Å². The van der Waals surface area contributed by atoms with Gasteiger partial charge in [-0.25, -0.2) is 0 Å². The molecule has 30 heavy (non-hydrogen) atoms. The molecule has 0 atom stereocenters. The average molecular weight is 424 g/mol. The summed E-state index contributed by atoms with van der Waals surface area (Å²) in [7, 11) is 0. The summed E-state index contributed by atoms with van der Waals surface area (Å²) < 4.78 is 46.6. The first-order chi connectivity index (χ1) is 14.4. The highest BCUT2D eigenvalue weighted by Gasteiger charge is 2.27. The Balaban J connectivity index is 1.46. The molecule has 0 aliphatic carbocycles. The number of carbonyl (C=O) groups excluding carboxylic acids is 1. The van der Waals surface area contributed by atoms with Gasteiger partial charge in [-0.05, 0) is 18.6 Å². The maximum atomic E-state index is 12.6. The van der Waals surface area contributed by atoms with Crippen molar-refractivity contribution in [1.82, 2.24) is 9.80 Å². The summed E-state index contributed by atoms with van der Waals surface area (Å²) in [5.41, 5.74) is 1.76. The minimum absolute atomic E-state index is 0.0458. The molecule has 0 saturated carbocycles. The molecule has 1 aromatic heterocycles. The molecule has 1 saturated heterocycles. The predicted molar refractivity (Wildman–Crippen MR) is 109 cm³/mol. The molecule has 0 spiro atoms. The fraction of sp³-hybridized carbons (Fsp3) is 0.500. The van der Waals surface area contributed by atoms with Gasteiger partial charge in [0, 0.05) is 62.8 Å². The molecule has 3 rings (SSSR count). The fourth-order valence-electron chi connectivity index (χ4n) is 3.59. The van der Waals surface area contributed by atoms with Gasteiger partial charge in [0.15, 0.2) is 0 Å². The summed E-state index contributed by atoms with van der Waals surface area (Å²) in [6, 6.07) is 7.77. The van der Waals surface area contributed by atoms with Crippen molar-refractivity contribution in [3.8, 4) is 0 Å². The zero-order valence-electron chi connectivity index (χ0n) is 17.1. The van der Waals surface area contributed by atoms with Gasteiger partial charge in [0.2, 0.25) is 5.91 Å². The van der Waals surface area contributed by atoms with Gasteiger partial charge in [0.25, 0.3) is 0 Å². The number of rotatable bonds is 8. The molecule has 164 valence electrons. The molecule has 2 heterocycles. The van der Waals surface area contributed by atoms with E-state index in [2.05, 4.69) is 9.64 Å². The van der Waals surface area contributed by atoms with Gasteiger partial charge in [-0.15, -0.1) is 0 Å². The molecule has 0 radical (unpaired) electrons. The number of carbonyl (C=O) groups is 1. The number of fused-ring (bicyclic) bond motifs is 1. The second-order valence-corrected chi connectivity index (χ2v) is 7.31. The number of aryl methyl sites for hydroxylation is 1. The Morgan fingerprint density at radius 1 is 1.20 bits per heavy atom. The number of amides is 1. The van der Waals surface area contributed by atoms with Crippen molar-refractivity contribution < 1.29 is 27.1 Å². The number of alkyl halides is 3. The number of hydrogen-bond acceptors (Lipinski definition) is 4. The van der Waals surface area contributed by atoms with Crippen LogP contribution < -0.4 is 0 Å². The molecule has 1 aliphatic heterocycles. The van der Waals surface area contributed by atoms with Crippen molar-refractivity contribution in [3.63, 3.8) is 0 Å². The molecule has 1 amide bonds. The fourth-order valence-corrected chi connectivity index (χ4v) is 3.59. The Hall–Kier alpha value is -2.32. The minimum atomic E-state index is -4.28. The van der Waals surface area contributed by atoms with Gasteiger partial charge in [0.1, 0.15) is 18.0 Å². The van der Waals surface area contributed by atoms with Gasteiger partial charge < -0.3 is 14.1 Å². The van der Waals surface area contributed by atoms with E-state index < -0.39 is 12.8 Å². The lowest BCUT2D eigenvalue weighted by atomic mass is 10.1. The number of ether oxygens (including phenoxy) is 1. The number of benzene rings is 1. The Kier molecular flexibility index (Phi) is 7.55. The van der Waals surface area contributed by atoms with Crippen LogP contribution in [0.2, 0.25) is 0 Å². The number of piperazine rings is 1. The summed E-state index contributed by atoms with van der Waals surface area (Å²) in [6.07, 6.45) is 0.430. The number of hydrogen-bond donors (Lipinski definition) is 0. The number of furan rings is 1. The van der Waals surface area contributed by atoms with Gasteiger partial charge in [-0.3, -0.25) is 9.69 Å². The van der Waals surface area contributed by atoms with Crippen LogP contribution in [0.3, 0.4) is 0 Å². The highest BCUT2D eigenvalue weighted by atomic mass is 19.4. The summed E-state index contributed by atoms with van der Waals surface area (Å²) >= 11 is 0. The first-order valence-corrected chi connectivity index (χ1v) is 10.2. The van der Waals surface area contributed by atoms with Crippen LogP contribution in [0.4, 0.5) is 13.2 Å². The van der Waals surface area contributed by atoms with Crippen molar-refractivity contribution >= 4 is 23.0 Å². The topological polar surface area (TPSA) is 45.9 Å². The molecular weight excluding hydrogens is 397 g/mol.